The molecule has 5 nitrogen and oxygen atoms in total. The second-order valence-electron chi connectivity index (χ2n) is 4.99. The van der Waals surface area contributed by atoms with Crippen molar-refractivity contribution in [3.8, 4) is 11.5 Å². The van der Waals surface area contributed by atoms with Gasteiger partial charge in [0, 0.05) is 18.1 Å². The molecule has 0 spiro atoms. The van der Waals surface area contributed by atoms with Crippen molar-refractivity contribution in [1.82, 2.24) is 5.32 Å². The molecule has 3 rings (SSSR count). The van der Waals surface area contributed by atoms with Crippen LogP contribution >= 0.6 is 24.0 Å². The Kier molecular flexibility index (Phi) is 5.56. The number of rotatable bonds is 2. The summed E-state index contributed by atoms with van der Waals surface area (Å²) in [5.74, 6) is 1.31. The van der Waals surface area contributed by atoms with Crippen molar-refractivity contribution in [3.63, 3.8) is 0 Å². The summed E-state index contributed by atoms with van der Waals surface area (Å²) >= 11 is 6.18. The van der Waals surface area contributed by atoms with Crippen molar-refractivity contribution in [2.75, 3.05) is 31.6 Å². The molecule has 1 amide bonds. The van der Waals surface area contributed by atoms with Crippen LogP contribution < -0.4 is 20.1 Å². The Bertz CT molecular complexity index is 519. The molecule has 0 radical (unpaired) electrons. The lowest BCUT2D eigenvalue weighted by Crippen LogP contribution is -2.34. The zero-order valence-corrected chi connectivity index (χ0v) is 13.1. The molecule has 1 aromatic carbocycles. The van der Waals surface area contributed by atoms with Gasteiger partial charge in [-0.1, -0.05) is 11.6 Å². The van der Waals surface area contributed by atoms with Crippen LogP contribution in [0.4, 0.5) is 5.69 Å². The lowest BCUT2D eigenvalue weighted by atomic mass is 9.97. The summed E-state index contributed by atoms with van der Waals surface area (Å²) < 4.78 is 11.0. The second kappa shape index (κ2) is 7.20. The summed E-state index contributed by atoms with van der Waals surface area (Å²) in [5.41, 5.74) is 0.583. The highest BCUT2D eigenvalue weighted by Crippen LogP contribution is 2.38. The Labute approximate surface area is 134 Å². The molecule has 1 aromatic rings. The minimum absolute atomic E-state index is 0. The first-order chi connectivity index (χ1) is 9.74. The molecule has 0 bridgehead atoms. The Balaban J connectivity index is 0.00000161. The number of piperidine rings is 1. The van der Waals surface area contributed by atoms with E-state index in [1.165, 1.54) is 0 Å². The monoisotopic (exact) mass is 332 g/mol. The van der Waals surface area contributed by atoms with Gasteiger partial charge in [-0.3, -0.25) is 4.79 Å². The van der Waals surface area contributed by atoms with Crippen molar-refractivity contribution in [2.24, 2.45) is 5.92 Å². The third-order valence-corrected chi connectivity index (χ3v) is 3.91. The van der Waals surface area contributed by atoms with Crippen molar-refractivity contribution < 1.29 is 14.3 Å². The van der Waals surface area contributed by atoms with Crippen LogP contribution in [-0.2, 0) is 4.79 Å². The van der Waals surface area contributed by atoms with E-state index in [1.807, 2.05) is 0 Å². The highest BCUT2D eigenvalue weighted by atomic mass is 35.5. The largest absolute Gasteiger partial charge is 0.486 e. The van der Waals surface area contributed by atoms with E-state index in [1.54, 1.807) is 12.1 Å². The Morgan fingerprint density at radius 2 is 1.81 bits per heavy atom. The zero-order valence-electron chi connectivity index (χ0n) is 11.5. The van der Waals surface area contributed by atoms with E-state index < -0.39 is 0 Å². The van der Waals surface area contributed by atoms with Crippen molar-refractivity contribution in [3.05, 3.63) is 17.2 Å². The third-order valence-electron chi connectivity index (χ3n) is 3.60. The molecule has 1 saturated heterocycles. The van der Waals surface area contributed by atoms with Gasteiger partial charge in [0.15, 0.2) is 11.5 Å². The molecule has 0 atom stereocenters. The minimum atomic E-state index is 0. The van der Waals surface area contributed by atoms with Crippen LogP contribution in [0, 0.1) is 5.92 Å². The predicted octanol–water partition coefficient (Wildman–Crippen LogP) is 2.47. The van der Waals surface area contributed by atoms with E-state index in [4.69, 9.17) is 21.1 Å². The maximum absolute atomic E-state index is 12.2. The van der Waals surface area contributed by atoms with Gasteiger partial charge in [-0.15, -0.1) is 12.4 Å². The van der Waals surface area contributed by atoms with Gasteiger partial charge >= 0.3 is 0 Å². The fraction of sp³-hybridized carbons (Fsp3) is 0.500. The summed E-state index contributed by atoms with van der Waals surface area (Å²) in [6.07, 6.45) is 1.71. The number of anilines is 1. The molecule has 116 valence electrons. The number of ether oxygens (including phenoxy) is 2. The van der Waals surface area contributed by atoms with Crippen molar-refractivity contribution >= 4 is 35.6 Å². The summed E-state index contributed by atoms with van der Waals surface area (Å²) in [4.78, 5) is 12.2. The van der Waals surface area contributed by atoms with Crippen LogP contribution in [-0.4, -0.2) is 32.2 Å². The van der Waals surface area contributed by atoms with Crippen LogP contribution in [0.25, 0.3) is 0 Å². The molecule has 2 aliphatic heterocycles. The lowest BCUT2D eigenvalue weighted by molar-refractivity contribution is -0.120. The summed E-state index contributed by atoms with van der Waals surface area (Å²) in [6.45, 7) is 2.79. The summed E-state index contributed by atoms with van der Waals surface area (Å²) in [6, 6.07) is 3.42. The maximum Gasteiger partial charge on any atom is 0.227 e. The molecular formula is C14H18Cl2N2O3. The van der Waals surface area contributed by atoms with Gasteiger partial charge in [0.1, 0.15) is 13.2 Å². The van der Waals surface area contributed by atoms with Crippen molar-refractivity contribution in [1.29, 1.82) is 0 Å². The Hall–Kier alpha value is -1.17. The van der Waals surface area contributed by atoms with Crippen LogP contribution in [0.3, 0.4) is 0 Å². The first-order valence-corrected chi connectivity index (χ1v) is 7.22. The number of nitrogens with one attached hydrogen (secondary N) is 2. The summed E-state index contributed by atoms with van der Waals surface area (Å²) in [5, 5.41) is 6.61. The molecule has 1 fully saturated rings. The number of benzene rings is 1. The average Bonchev–Trinajstić information content (AvgIpc) is 2.49. The minimum Gasteiger partial charge on any atom is -0.486 e. The van der Waals surface area contributed by atoms with Gasteiger partial charge in [0.2, 0.25) is 5.91 Å². The lowest BCUT2D eigenvalue weighted by Gasteiger charge is -2.23. The number of amides is 1. The highest BCUT2D eigenvalue weighted by Gasteiger charge is 2.23. The number of fused-ring (bicyclic) bond motifs is 1. The first-order valence-electron chi connectivity index (χ1n) is 6.85. The SMILES string of the molecule is Cl.O=C(Nc1cc2c(cc1Cl)OCCO2)C1CCNCC1. The normalized spacial score (nSPS) is 17.8. The topological polar surface area (TPSA) is 59.6 Å². The molecule has 0 aromatic heterocycles. The van der Waals surface area contributed by atoms with Crippen LogP contribution in [0.15, 0.2) is 12.1 Å². The smallest absolute Gasteiger partial charge is 0.227 e. The van der Waals surface area contributed by atoms with Gasteiger partial charge in [0.05, 0.1) is 10.7 Å². The molecule has 2 N–H and O–H groups in total. The van der Waals surface area contributed by atoms with Crippen LogP contribution in [0.1, 0.15) is 12.8 Å². The molecule has 2 aliphatic rings. The fourth-order valence-electron chi connectivity index (χ4n) is 2.48. The molecule has 2 heterocycles. The maximum atomic E-state index is 12.2. The number of carbonyl (C=O) groups excluding carboxylic acids is 1. The average molecular weight is 333 g/mol. The Morgan fingerprint density at radius 3 is 2.48 bits per heavy atom. The first kappa shape index (κ1) is 16.2. The molecule has 7 heteroatoms. The van der Waals surface area contributed by atoms with Crippen LogP contribution in [0.2, 0.25) is 5.02 Å². The Morgan fingerprint density at radius 1 is 1.19 bits per heavy atom. The van der Waals surface area contributed by atoms with Gasteiger partial charge in [-0.05, 0) is 25.9 Å². The number of carbonyl (C=O) groups is 1. The molecule has 0 aliphatic carbocycles. The molecule has 21 heavy (non-hydrogen) atoms. The second-order valence-corrected chi connectivity index (χ2v) is 5.40. The van der Waals surface area contributed by atoms with Gasteiger partial charge in [0.25, 0.3) is 0 Å². The van der Waals surface area contributed by atoms with Crippen molar-refractivity contribution in [2.45, 2.75) is 12.8 Å². The fourth-order valence-corrected chi connectivity index (χ4v) is 2.68. The quantitative estimate of drug-likeness (QED) is 0.873. The van der Waals surface area contributed by atoms with E-state index in [2.05, 4.69) is 10.6 Å². The molecule has 0 saturated carbocycles. The van der Waals surface area contributed by atoms with E-state index in [0.717, 1.165) is 25.9 Å². The van der Waals surface area contributed by atoms with Crippen LogP contribution in [0.5, 0.6) is 11.5 Å². The van der Waals surface area contributed by atoms with E-state index in [9.17, 15) is 4.79 Å². The van der Waals surface area contributed by atoms with E-state index >= 15 is 0 Å². The molecule has 0 unspecified atom stereocenters. The zero-order chi connectivity index (χ0) is 13.9. The predicted molar refractivity (Wildman–Crippen MR) is 83.9 cm³/mol. The number of hydrogen-bond donors (Lipinski definition) is 2. The van der Waals surface area contributed by atoms with Gasteiger partial charge in [-0.25, -0.2) is 0 Å². The highest BCUT2D eigenvalue weighted by molar-refractivity contribution is 6.34. The van der Waals surface area contributed by atoms with Gasteiger partial charge < -0.3 is 20.1 Å². The molecular weight excluding hydrogens is 315 g/mol. The number of hydrogen-bond acceptors (Lipinski definition) is 4. The van der Waals surface area contributed by atoms with Gasteiger partial charge in [-0.2, -0.15) is 0 Å². The van der Waals surface area contributed by atoms with E-state index in [0.29, 0.717) is 35.4 Å². The summed E-state index contributed by atoms with van der Waals surface area (Å²) in [7, 11) is 0. The van der Waals surface area contributed by atoms with E-state index in [-0.39, 0.29) is 24.2 Å². The standard InChI is InChI=1S/C14H17ClN2O3.ClH/c15-10-7-12-13(20-6-5-19-12)8-11(10)17-14(18)9-1-3-16-4-2-9;/h7-9,16H,1-6H2,(H,17,18);1H. The number of halogens is 2. The third kappa shape index (κ3) is 3.73.